The molecule has 0 aliphatic carbocycles. The SMILES string of the molecule is CC[Si](C)(C)OC[SH]1C=CC=C1. The van der Waals surface area contributed by atoms with Crippen LogP contribution in [0.25, 0.3) is 0 Å². The first-order valence-electron chi connectivity index (χ1n) is 4.39. The zero-order chi connectivity index (χ0) is 9.03. The minimum absolute atomic E-state index is 0.0638. The molecule has 1 aliphatic rings. The molecule has 0 radical (unpaired) electrons. The lowest BCUT2D eigenvalue weighted by Crippen LogP contribution is -2.29. The second kappa shape index (κ2) is 4.30. The lowest BCUT2D eigenvalue weighted by atomic mass is 10.6. The Hall–Kier alpha value is 0.00688. The van der Waals surface area contributed by atoms with Gasteiger partial charge in [-0.25, -0.2) is 0 Å². The maximum absolute atomic E-state index is 5.93. The molecule has 1 nitrogen and oxygen atoms in total. The Morgan fingerprint density at radius 3 is 2.33 bits per heavy atom. The molecule has 1 aliphatic heterocycles. The van der Waals surface area contributed by atoms with Crippen LogP contribution < -0.4 is 0 Å². The van der Waals surface area contributed by atoms with Gasteiger partial charge in [0.05, 0.1) is 5.94 Å². The lowest BCUT2D eigenvalue weighted by Gasteiger charge is -2.23. The van der Waals surface area contributed by atoms with E-state index in [1.807, 2.05) is 0 Å². The van der Waals surface area contributed by atoms with Crippen molar-refractivity contribution >= 4 is 19.2 Å². The van der Waals surface area contributed by atoms with Crippen molar-refractivity contribution in [1.82, 2.24) is 0 Å². The summed E-state index contributed by atoms with van der Waals surface area (Å²) in [6.07, 6.45) is 4.24. The van der Waals surface area contributed by atoms with Gasteiger partial charge in [0.2, 0.25) is 0 Å². The molecule has 0 fully saturated rings. The molecule has 1 rings (SSSR count). The number of hydrogen-bond acceptors (Lipinski definition) is 1. The van der Waals surface area contributed by atoms with E-state index in [0.29, 0.717) is 0 Å². The van der Waals surface area contributed by atoms with Gasteiger partial charge in [0.1, 0.15) is 0 Å². The molecule has 0 aromatic heterocycles. The summed E-state index contributed by atoms with van der Waals surface area (Å²) in [4.78, 5) is 0. The summed E-state index contributed by atoms with van der Waals surface area (Å²) >= 11 is 0. The van der Waals surface area contributed by atoms with E-state index < -0.39 is 8.32 Å². The van der Waals surface area contributed by atoms with Crippen molar-refractivity contribution < 1.29 is 4.43 Å². The molecule has 3 heteroatoms. The van der Waals surface area contributed by atoms with Gasteiger partial charge in [-0.3, -0.25) is 0 Å². The smallest absolute Gasteiger partial charge is 0.187 e. The number of hydrogen-bond donors (Lipinski definition) is 1. The fourth-order valence-electron chi connectivity index (χ4n) is 0.808. The Balaban J connectivity index is 2.25. The van der Waals surface area contributed by atoms with Crippen LogP contribution in [0.1, 0.15) is 6.92 Å². The predicted molar refractivity (Wildman–Crippen MR) is 61.2 cm³/mol. The van der Waals surface area contributed by atoms with E-state index in [0.717, 1.165) is 5.94 Å². The van der Waals surface area contributed by atoms with Crippen molar-refractivity contribution in [3.63, 3.8) is 0 Å². The molecular formula is C9H18OSSi. The molecule has 0 bridgehead atoms. The van der Waals surface area contributed by atoms with E-state index in [-0.39, 0.29) is 10.9 Å². The molecule has 0 N–H and O–H groups in total. The molecular weight excluding hydrogens is 184 g/mol. The van der Waals surface area contributed by atoms with Crippen molar-refractivity contribution in [3.05, 3.63) is 23.0 Å². The largest absolute Gasteiger partial charge is 0.409 e. The summed E-state index contributed by atoms with van der Waals surface area (Å²) in [5.41, 5.74) is 0. The summed E-state index contributed by atoms with van der Waals surface area (Å²) in [6.45, 7) is 6.79. The molecule has 0 aromatic rings. The van der Waals surface area contributed by atoms with Crippen molar-refractivity contribution in [2.45, 2.75) is 26.1 Å². The van der Waals surface area contributed by atoms with Gasteiger partial charge in [0.15, 0.2) is 8.32 Å². The molecule has 0 amide bonds. The molecule has 0 unspecified atom stereocenters. The minimum atomic E-state index is -1.30. The highest BCUT2D eigenvalue weighted by molar-refractivity contribution is 8.22. The summed E-state index contributed by atoms with van der Waals surface area (Å²) in [6, 6.07) is 1.21. The normalized spacial score (nSPS) is 19.1. The average Bonchev–Trinajstić information content (AvgIpc) is 2.53. The van der Waals surface area contributed by atoms with Crippen molar-refractivity contribution in [2.75, 3.05) is 5.94 Å². The molecule has 0 aromatic carbocycles. The summed E-state index contributed by atoms with van der Waals surface area (Å²) < 4.78 is 5.93. The highest BCUT2D eigenvalue weighted by Gasteiger charge is 2.19. The van der Waals surface area contributed by atoms with Crippen molar-refractivity contribution in [2.24, 2.45) is 0 Å². The van der Waals surface area contributed by atoms with Crippen LogP contribution in [0.3, 0.4) is 0 Å². The topological polar surface area (TPSA) is 9.23 Å². The van der Waals surface area contributed by atoms with Crippen LogP contribution in [0.5, 0.6) is 0 Å². The van der Waals surface area contributed by atoms with E-state index in [2.05, 4.69) is 43.0 Å². The fourth-order valence-corrected chi connectivity index (χ4v) is 3.92. The molecule has 1 heterocycles. The Morgan fingerprint density at radius 1 is 1.25 bits per heavy atom. The third kappa shape index (κ3) is 3.17. The van der Waals surface area contributed by atoms with Crippen molar-refractivity contribution in [1.29, 1.82) is 0 Å². The van der Waals surface area contributed by atoms with E-state index in [1.54, 1.807) is 0 Å². The van der Waals surface area contributed by atoms with Crippen LogP contribution in [-0.2, 0) is 4.43 Å². The zero-order valence-electron chi connectivity index (χ0n) is 8.08. The Kier molecular flexibility index (Phi) is 3.62. The van der Waals surface area contributed by atoms with Crippen LogP contribution in [0.15, 0.2) is 23.0 Å². The average molecular weight is 202 g/mol. The minimum Gasteiger partial charge on any atom is -0.409 e. The second-order valence-corrected chi connectivity index (χ2v) is 9.98. The number of rotatable bonds is 4. The molecule has 0 spiro atoms. The van der Waals surface area contributed by atoms with Crippen LogP contribution in [0.4, 0.5) is 0 Å². The second-order valence-electron chi connectivity index (χ2n) is 3.58. The van der Waals surface area contributed by atoms with Crippen LogP contribution in [-0.4, -0.2) is 14.3 Å². The zero-order valence-corrected chi connectivity index (χ0v) is 9.97. The van der Waals surface area contributed by atoms with Gasteiger partial charge in [-0.2, -0.15) is 10.9 Å². The van der Waals surface area contributed by atoms with E-state index in [9.17, 15) is 0 Å². The van der Waals surface area contributed by atoms with Gasteiger partial charge in [0, 0.05) is 0 Å². The molecule has 0 atom stereocenters. The maximum atomic E-state index is 5.93. The lowest BCUT2D eigenvalue weighted by molar-refractivity contribution is 0.382. The predicted octanol–water partition coefficient (Wildman–Crippen LogP) is 3.23. The third-order valence-corrected chi connectivity index (χ3v) is 6.53. The van der Waals surface area contributed by atoms with E-state index >= 15 is 0 Å². The van der Waals surface area contributed by atoms with Crippen LogP contribution in [0.2, 0.25) is 19.1 Å². The molecule has 70 valence electrons. The van der Waals surface area contributed by atoms with Gasteiger partial charge in [0.25, 0.3) is 0 Å². The Morgan fingerprint density at radius 2 is 1.83 bits per heavy atom. The first-order chi connectivity index (χ1) is 5.64. The fraction of sp³-hybridized carbons (Fsp3) is 0.556. The molecule has 0 saturated heterocycles. The summed E-state index contributed by atoms with van der Waals surface area (Å²) in [5, 5.41) is 4.52. The van der Waals surface area contributed by atoms with Gasteiger partial charge < -0.3 is 4.43 Å². The quantitative estimate of drug-likeness (QED) is 0.544. The standard InChI is InChI=1S/C9H18OSSi/c1-4-12(2,3)10-9-11-7-5-6-8-11/h5-8,11H,4,9H2,1-3H3. The van der Waals surface area contributed by atoms with Gasteiger partial charge in [-0.15, -0.1) is 0 Å². The monoisotopic (exact) mass is 202 g/mol. The Labute approximate surface area is 79.0 Å². The molecule has 12 heavy (non-hydrogen) atoms. The van der Waals surface area contributed by atoms with Crippen LogP contribution in [0, 0.1) is 0 Å². The van der Waals surface area contributed by atoms with Crippen LogP contribution >= 0.6 is 10.9 Å². The first kappa shape index (κ1) is 10.1. The summed E-state index contributed by atoms with van der Waals surface area (Å²) in [5.74, 6) is 0.940. The van der Waals surface area contributed by atoms with E-state index in [1.165, 1.54) is 6.04 Å². The van der Waals surface area contributed by atoms with Gasteiger partial charge in [-0.1, -0.05) is 19.1 Å². The van der Waals surface area contributed by atoms with Gasteiger partial charge in [-0.05, 0) is 30.0 Å². The highest BCUT2D eigenvalue weighted by Crippen LogP contribution is 2.33. The maximum Gasteiger partial charge on any atom is 0.187 e. The number of thiol groups is 1. The third-order valence-electron chi connectivity index (χ3n) is 2.12. The van der Waals surface area contributed by atoms with E-state index in [4.69, 9.17) is 4.43 Å². The van der Waals surface area contributed by atoms with Gasteiger partial charge >= 0.3 is 0 Å². The van der Waals surface area contributed by atoms with Crippen molar-refractivity contribution in [3.8, 4) is 0 Å². The number of allylic oxidation sites excluding steroid dienone is 2. The highest BCUT2D eigenvalue weighted by atomic mass is 32.2. The molecule has 0 saturated carbocycles. The Bertz CT molecular complexity index is 187. The summed E-state index contributed by atoms with van der Waals surface area (Å²) in [7, 11) is -1.36. The first-order valence-corrected chi connectivity index (χ1v) is 9.17.